The minimum atomic E-state index is 0.884. The highest BCUT2D eigenvalue weighted by atomic mass is 16.5. The van der Waals surface area contributed by atoms with Gasteiger partial charge in [0, 0.05) is 0 Å². The molecule has 0 amide bonds. The molecular formula is C20H18O. The highest BCUT2D eigenvalue weighted by Crippen LogP contribution is 2.30. The van der Waals surface area contributed by atoms with Crippen LogP contribution in [0.5, 0.6) is 5.75 Å². The lowest BCUT2D eigenvalue weighted by Gasteiger charge is -2.10. The molecule has 0 atom stereocenters. The van der Waals surface area contributed by atoms with Gasteiger partial charge in [-0.3, -0.25) is 0 Å². The Morgan fingerprint density at radius 3 is 2.14 bits per heavy atom. The van der Waals surface area contributed by atoms with Gasteiger partial charge in [-0.2, -0.15) is 0 Å². The van der Waals surface area contributed by atoms with Gasteiger partial charge in [0.2, 0.25) is 0 Å². The van der Waals surface area contributed by atoms with E-state index in [2.05, 4.69) is 61.5 Å². The fraction of sp³-hybridized carbons (Fsp3) is 0.100. The summed E-state index contributed by atoms with van der Waals surface area (Å²) in [7, 11) is 1.70. The van der Waals surface area contributed by atoms with E-state index < -0.39 is 0 Å². The lowest BCUT2D eigenvalue weighted by Crippen LogP contribution is -1.87. The molecular weight excluding hydrogens is 256 g/mol. The zero-order valence-corrected chi connectivity index (χ0v) is 12.3. The Hall–Kier alpha value is -2.54. The first-order valence-corrected chi connectivity index (χ1v) is 7.08. The quantitative estimate of drug-likeness (QED) is 0.626. The average molecular weight is 274 g/mol. The van der Waals surface area contributed by atoms with Gasteiger partial charge >= 0.3 is 0 Å². The fourth-order valence-electron chi connectivity index (χ4n) is 2.53. The van der Waals surface area contributed by atoms with Gasteiger partial charge in [-0.25, -0.2) is 0 Å². The van der Waals surface area contributed by atoms with Crippen molar-refractivity contribution in [1.29, 1.82) is 0 Å². The standard InChI is InChI=1S/C20H18O/c1-15-11-12-18(17-9-6-10-19(13-17)21-2)14-20(15)16-7-4-3-5-8-16/h3-14H,1-2H3. The molecule has 3 aromatic carbocycles. The zero-order chi connectivity index (χ0) is 14.7. The number of methoxy groups -OCH3 is 1. The topological polar surface area (TPSA) is 9.23 Å². The van der Waals surface area contributed by atoms with E-state index in [-0.39, 0.29) is 0 Å². The van der Waals surface area contributed by atoms with Crippen LogP contribution in [0.2, 0.25) is 0 Å². The molecule has 0 unspecified atom stereocenters. The normalized spacial score (nSPS) is 10.4. The third-order valence-corrected chi connectivity index (χ3v) is 3.73. The van der Waals surface area contributed by atoms with Gasteiger partial charge in [-0.05, 0) is 52.9 Å². The van der Waals surface area contributed by atoms with Gasteiger partial charge in [0.1, 0.15) is 5.75 Å². The van der Waals surface area contributed by atoms with Crippen LogP contribution in [-0.4, -0.2) is 7.11 Å². The molecule has 0 saturated carbocycles. The van der Waals surface area contributed by atoms with Crippen LogP contribution in [0.25, 0.3) is 22.3 Å². The number of benzene rings is 3. The van der Waals surface area contributed by atoms with E-state index in [9.17, 15) is 0 Å². The molecule has 0 radical (unpaired) electrons. The van der Waals surface area contributed by atoms with Crippen LogP contribution in [0.3, 0.4) is 0 Å². The highest BCUT2D eigenvalue weighted by Gasteiger charge is 2.05. The molecule has 0 N–H and O–H groups in total. The van der Waals surface area contributed by atoms with Crippen molar-refractivity contribution in [3.8, 4) is 28.0 Å². The van der Waals surface area contributed by atoms with Crippen LogP contribution in [0.1, 0.15) is 5.56 Å². The van der Waals surface area contributed by atoms with Crippen molar-refractivity contribution in [2.24, 2.45) is 0 Å². The SMILES string of the molecule is COc1cccc(-c2ccc(C)c(-c3ccccc3)c2)c1. The maximum Gasteiger partial charge on any atom is 0.119 e. The van der Waals surface area contributed by atoms with Gasteiger partial charge in [-0.1, -0.05) is 54.6 Å². The lowest BCUT2D eigenvalue weighted by atomic mass is 9.95. The first-order chi connectivity index (χ1) is 10.3. The summed E-state index contributed by atoms with van der Waals surface area (Å²) in [4.78, 5) is 0. The highest BCUT2D eigenvalue weighted by molar-refractivity contribution is 5.75. The summed E-state index contributed by atoms with van der Waals surface area (Å²) in [5.74, 6) is 0.884. The van der Waals surface area contributed by atoms with E-state index in [0.717, 1.165) is 5.75 Å². The molecule has 0 aliphatic rings. The average Bonchev–Trinajstić information content (AvgIpc) is 2.56. The molecule has 104 valence electrons. The van der Waals surface area contributed by atoms with E-state index in [1.54, 1.807) is 7.11 Å². The Bertz CT molecular complexity index is 745. The molecule has 0 spiro atoms. The summed E-state index contributed by atoms with van der Waals surface area (Å²) >= 11 is 0. The van der Waals surface area contributed by atoms with E-state index in [0.29, 0.717) is 0 Å². The molecule has 0 aromatic heterocycles. The second kappa shape index (κ2) is 5.84. The lowest BCUT2D eigenvalue weighted by molar-refractivity contribution is 0.415. The summed E-state index contributed by atoms with van der Waals surface area (Å²) in [6.07, 6.45) is 0. The zero-order valence-electron chi connectivity index (χ0n) is 12.3. The third-order valence-electron chi connectivity index (χ3n) is 3.73. The Morgan fingerprint density at radius 1 is 0.667 bits per heavy atom. The van der Waals surface area contributed by atoms with Crippen LogP contribution in [0, 0.1) is 6.92 Å². The van der Waals surface area contributed by atoms with Crippen molar-refractivity contribution in [1.82, 2.24) is 0 Å². The molecule has 0 heterocycles. The minimum absolute atomic E-state index is 0.884. The fourth-order valence-corrected chi connectivity index (χ4v) is 2.53. The molecule has 0 fully saturated rings. The molecule has 0 aliphatic heterocycles. The van der Waals surface area contributed by atoms with E-state index in [1.807, 2.05) is 18.2 Å². The maximum atomic E-state index is 5.31. The summed E-state index contributed by atoms with van der Waals surface area (Å²) in [5, 5.41) is 0. The maximum absolute atomic E-state index is 5.31. The van der Waals surface area contributed by atoms with Crippen LogP contribution < -0.4 is 4.74 Å². The van der Waals surface area contributed by atoms with Crippen LogP contribution in [-0.2, 0) is 0 Å². The van der Waals surface area contributed by atoms with Crippen molar-refractivity contribution in [2.75, 3.05) is 7.11 Å². The Morgan fingerprint density at radius 2 is 1.38 bits per heavy atom. The monoisotopic (exact) mass is 274 g/mol. The molecule has 0 aliphatic carbocycles. The van der Waals surface area contributed by atoms with Crippen molar-refractivity contribution < 1.29 is 4.74 Å². The van der Waals surface area contributed by atoms with Gasteiger partial charge in [0.25, 0.3) is 0 Å². The third kappa shape index (κ3) is 2.82. The van der Waals surface area contributed by atoms with Gasteiger partial charge in [0.15, 0.2) is 0 Å². The van der Waals surface area contributed by atoms with Gasteiger partial charge in [-0.15, -0.1) is 0 Å². The predicted molar refractivity (Wildman–Crippen MR) is 88.6 cm³/mol. The van der Waals surface area contributed by atoms with E-state index in [4.69, 9.17) is 4.74 Å². The Balaban J connectivity index is 2.09. The summed E-state index contributed by atoms with van der Waals surface area (Å²) in [5.41, 5.74) is 6.19. The van der Waals surface area contributed by atoms with Gasteiger partial charge in [0.05, 0.1) is 7.11 Å². The summed E-state index contributed by atoms with van der Waals surface area (Å²) in [6, 6.07) is 25.3. The molecule has 3 aromatic rings. The number of hydrogen-bond donors (Lipinski definition) is 0. The first kappa shape index (κ1) is 13.4. The molecule has 3 rings (SSSR count). The Labute approximate surface area is 125 Å². The van der Waals surface area contributed by atoms with E-state index >= 15 is 0 Å². The molecule has 1 nitrogen and oxygen atoms in total. The minimum Gasteiger partial charge on any atom is -0.497 e. The van der Waals surface area contributed by atoms with Crippen LogP contribution in [0.4, 0.5) is 0 Å². The number of ether oxygens (including phenoxy) is 1. The first-order valence-electron chi connectivity index (χ1n) is 7.08. The molecule has 0 saturated heterocycles. The Kier molecular flexibility index (Phi) is 3.74. The van der Waals surface area contributed by atoms with Crippen molar-refractivity contribution >= 4 is 0 Å². The number of rotatable bonds is 3. The molecule has 0 bridgehead atoms. The predicted octanol–water partition coefficient (Wildman–Crippen LogP) is 5.34. The molecule has 21 heavy (non-hydrogen) atoms. The van der Waals surface area contributed by atoms with Gasteiger partial charge < -0.3 is 4.74 Å². The van der Waals surface area contributed by atoms with Crippen LogP contribution >= 0.6 is 0 Å². The summed E-state index contributed by atoms with van der Waals surface area (Å²) in [6.45, 7) is 2.15. The molecule has 1 heteroatoms. The second-order valence-electron chi connectivity index (χ2n) is 5.13. The van der Waals surface area contributed by atoms with Crippen molar-refractivity contribution in [2.45, 2.75) is 6.92 Å². The van der Waals surface area contributed by atoms with Crippen LogP contribution in [0.15, 0.2) is 72.8 Å². The second-order valence-corrected chi connectivity index (χ2v) is 5.13. The summed E-state index contributed by atoms with van der Waals surface area (Å²) < 4.78 is 5.31. The largest absolute Gasteiger partial charge is 0.497 e. The van der Waals surface area contributed by atoms with E-state index in [1.165, 1.54) is 27.8 Å². The van der Waals surface area contributed by atoms with Crippen molar-refractivity contribution in [3.63, 3.8) is 0 Å². The number of hydrogen-bond acceptors (Lipinski definition) is 1. The number of aryl methyl sites for hydroxylation is 1. The van der Waals surface area contributed by atoms with Crippen molar-refractivity contribution in [3.05, 3.63) is 78.4 Å². The smallest absolute Gasteiger partial charge is 0.119 e.